The maximum Gasteiger partial charge on any atom is 0.0484 e. The predicted octanol–water partition coefficient (Wildman–Crippen LogP) is 5.01. The molecule has 0 heterocycles. The minimum absolute atomic E-state index is 0.590. The van der Waals surface area contributed by atoms with E-state index in [1.165, 1.54) is 10.9 Å². The molecule has 0 spiro atoms. The molecule has 0 saturated heterocycles. The zero-order chi connectivity index (χ0) is 10.8. The standard InChI is InChI=1S/C14H15Cl/c1-3-10(2)11-8-9-14(15)13-7-5-4-6-12(11)13/h4-10H,3H2,1-2H3. The Balaban J connectivity index is 2.71. The highest BCUT2D eigenvalue weighted by atomic mass is 35.5. The third-order valence-corrected chi connectivity index (χ3v) is 3.38. The number of rotatable bonds is 2. The van der Waals surface area contributed by atoms with Crippen LogP contribution in [0.15, 0.2) is 36.4 Å². The van der Waals surface area contributed by atoms with Crippen LogP contribution >= 0.6 is 11.6 Å². The van der Waals surface area contributed by atoms with Crippen LogP contribution in [0.2, 0.25) is 5.02 Å². The first-order chi connectivity index (χ1) is 7.24. The molecule has 0 fully saturated rings. The smallest absolute Gasteiger partial charge is 0.0484 e. The molecule has 0 amide bonds. The van der Waals surface area contributed by atoms with Crippen LogP contribution in [0.5, 0.6) is 0 Å². The van der Waals surface area contributed by atoms with E-state index in [1.807, 2.05) is 12.1 Å². The molecule has 2 aromatic carbocycles. The normalized spacial score (nSPS) is 13.0. The van der Waals surface area contributed by atoms with E-state index in [1.54, 1.807) is 0 Å². The minimum Gasteiger partial charge on any atom is -0.0837 e. The average Bonchev–Trinajstić information content (AvgIpc) is 2.29. The fourth-order valence-electron chi connectivity index (χ4n) is 1.94. The van der Waals surface area contributed by atoms with Crippen molar-refractivity contribution in [3.63, 3.8) is 0 Å². The van der Waals surface area contributed by atoms with Crippen LogP contribution in [0.3, 0.4) is 0 Å². The van der Waals surface area contributed by atoms with Crippen LogP contribution in [0.1, 0.15) is 31.7 Å². The number of hydrogen-bond donors (Lipinski definition) is 0. The van der Waals surface area contributed by atoms with Crippen molar-refractivity contribution in [2.24, 2.45) is 0 Å². The molecule has 1 unspecified atom stereocenters. The summed E-state index contributed by atoms with van der Waals surface area (Å²) in [7, 11) is 0. The molecule has 2 rings (SSSR count). The van der Waals surface area contributed by atoms with E-state index in [0.717, 1.165) is 16.8 Å². The molecule has 78 valence electrons. The Kier molecular flexibility index (Phi) is 2.97. The number of halogens is 1. The van der Waals surface area contributed by atoms with E-state index in [9.17, 15) is 0 Å². The third kappa shape index (κ3) is 1.87. The second-order valence-corrected chi connectivity index (χ2v) is 4.40. The van der Waals surface area contributed by atoms with Crippen LogP contribution in [-0.2, 0) is 0 Å². The molecule has 15 heavy (non-hydrogen) atoms. The molecule has 0 aliphatic rings. The van der Waals surface area contributed by atoms with Crippen molar-refractivity contribution in [3.8, 4) is 0 Å². The van der Waals surface area contributed by atoms with Crippen LogP contribution < -0.4 is 0 Å². The Morgan fingerprint density at radius 2 is 1.73 bits per heavy atom. The summed E-state index contributed by atoms with van der Waals surface area (Å²) < 4.78 is 0. The molecule has 1 heteroatoms. The molecule has 0 aliphatic heterocycles. The Labute approximate surface area is 95.9 Å². The molecule has 0 saturated carbocycles. The highest BCUT2D eigenvalue weighted by Crippen LogP contribution is 2.31. The van der Waals surface area contributed by atoms with E-state index in [0.29, 0.717) is 5.92 Å². The summed E-state index contributed by atoms with van der Waals surface area (Å²) in [5.41, 5.74) is 1.40. The topological polar surface area (TPSA) is 0 Å². The fourth-order valence-corrected chi connectivity index (χ4v) is 2.16. The molecule has 0 N–H and O–H groups in total. The second-order valence-electron chi connectivity index (χ2n) is 3.99. The molecule has 0 bridgehead atoms. The first kappa shape index (κ1) is 10.5. The minimum atomic E-state index is 0.590. The largest absolute Gasteiger partial charge is 0.0837 e. The first-order valence-corrected chi connectivity index (χ1v) is 5.79. The van der Waals surface area contributed by atoms with E-state index in [2.05, 4.69) is 38.1 Å². The SMILES string of the molecule is CCC(C)c1ccc(Cl)c2ccccc12. The van der Waals surface area contributed by atoms with Gasteiger partial charge < -0.3 is 0 Å². The molecular formula is C14H15Cl. The summed E-state index contributed by atoms with van der Waals surface area (Å²) in [5, 5.41) is 3.30. The summed E-state index contributed by atoms with van der Waals surface area (Å²) in [6.07, 6.45) is 1.16. The quantitative estimate of drug-likeness (QED) is 0.665. The molecule has 0 radical (unpaired) electrons. The van der Waals surface area contributed by atoms with E-state index in [-0.39, 0.29) is 0 Å². The Hall–Kier alpha value is -1.01. The molecule has 0 nitrogen and oxygen atoms in total. The Morgan fingerprint density at radius 1 is 1.07 bits per heavy atom. The van der Waals surface area contributed by atoms with Gasteiger partial charge in [-0.3, -0.25) is 0 Å². The van der Waals surface area contributed by atoms with Gasteiger partial charge in [-0.1, -0.05) is 55.8 Å². The van der Waals surface area contributed by atoms with Crippen LogP contribution in [-0.4, -0.2) is 0 Å². The van der Waals surface area contributed by atoms with Crippen molar-refractivity contribution in [2.75, 3.05) is 0 Å². The lowest BCUT2D eigenvalue weighted by molar-refractivity contribution is 0.740. The van der Waals surface area contributed by atoms with Crippen LogP contribution in [0, 0.1) is 0 Å². The third-order valence-electron chi connectivity index (χ3n) is 3.05. The summed E-state index contributed by atoms with van der Waals surface area (Å²) in [4.78, 5) is 0. The van der Waals surface area contributed by atoms with Crippen LogP contribution in [0.4, 0.5) is 0 Å². The molecule has 0 aliphatic carbocycles. The summed E-state index contributed by atoms with van der Waals surface area (Å²) >= 11 is 6.18. The van der Waals surface area contributed by atoms with Gasteiger partial charge in [0, 0.05) is 10.4 Å². The van der Waals surface area contributed by atoms with Crippen molar-refractivity contribution in [1.82, 2.24) is 0 Å². The molecule has 2 aromatic rings. The van der Waals surface area contributed by atoms with Gasteiger partial charge >= 0.3 is 0 Å². The van der Waals surface area contributed by atoms with Crippen molar-refractivity contribution in [3.05, 3.63) is 47.0 Å². The monoisotopic (exact) mass is 218 g/mol. The highest BCUT2D eigenvalue weighted by Gasteiger charge is 2.08. The predicted molar refractivity (Wildman–Crippen MR) is 67.7 cm³/mol. The maximum absolute atomic E-state index is 6.18. The van der Waals surface area contributed by atoms with E-state index < -0.39 is 0 Å². The van der Waals surface area contributed by atoms with Gasteiger partial charge in [0.1, 0.15) is 0 Å². The van der Waals surface area contributed by atoms with Gasteiger partial charge in [0.05, 0.1) is 0 Å². The lowest BCUT2D eigenvalue weighted by atomic mass is 9.93. The zero-order valence-electron chi connectivity index (χ0n) is 9.13. The second kappa shape index (κ2) is 4.24. The fraction of sp³-hybridized carbons (Fsp3) is 0.286. The van der Waals surface area contributed by atoms with E-state index in [4.69, 9.17) is 11.6 Å². The van der Waals surface area contributed by atoms with Crippen molar-refractivity contribution >= 4 is 22.4 Å². The first-order valence-electron chi connectivity index (χ1n) is 5.41. The van der Waals surface area contributed by atoms with Crippen molar-refractivity contribution in [1.29, 1.82) is 0 Å². The van der Waals surface area contributed by atoms with E-state index >= 15 is 0 Å². The summed E-state index contributed by atoms with van der Waals surface area (Å²) in [6.45, 7) is 4.48. The van der Waals surface area contributed by atoms with Gasteiger partial charge in [0.25, 0.3) is 0 Å². The number of fused-ring (bicyclic) bond motifs is 1. The van der Waals surface area contributed by atoms with Gasteiger partial charge in [-0.2, -0.15) is 0 Å². The van der Waals surface area contributed by atoms with Gasteiger partial charge in [0.2, 0.25) is 0 Å². The lowest BCUT2D eigenvalue weighted by Crippen LogP contribution is -1.92. The van der Waals surface area contributed by atoms with Gasteiger partial charge in [-0.15, -0.1) is 0 Å². The van der Waals surface area contributed by atoms with Crippen LogP contribution in [0.25, 0.3) is 10.8 Å². The van der Waals surface area contributed by atoms with Crippen molar-refractivity contribution < 1.29 is 0 Å². The molecular weight excluding hydrogens is 204 g/mol. The zero-order valence-corrected chi connectivity index (χ0v) is 9.88. The highest BCUT2D eigenvalue weighted by molar-refractivity contribution is 6.35. The number of benzene rings is 2. The Bertz CT molecular complexity index is 474. The molecule has 0 aromatic heterocycles. The van der Waals surface area contributed by atoms with Crippen molar-refractivity contribution in [2.45, 2.75) is 26.2 Å². The molecule has 1 atom stereocenters. The van der Waals surface area contributed by atoms with Gasteiger partial charge in [0.15, 0.2) is 0 Å². The maximum atomic E-state index is 6.18. The summed E-state index contributed by atoms with van der Waals surface area (Å²) in [6, 6.07) is 12.5. The lowest BCUT2D eigenvalue weighted by Gasteiger charge is -2.13. The summed E-state index contributed by atoms with van der Waals surface area (Å²) in [5.74, 6) is 0.590. The Morgan fingerprint density at radius 3 is 2.40 bits per heavy atom. The van der Waals surface area contributed by atoms with Gasteiger partial charge in [-0.25, -0.2) is 0 Å². The van der Waals surface area contributed by atoms with Gasteiger partial charge in [-0.05, 0) is 29.4 Å². The average molecular weight is 219 g/mol. The number of hydrogen-bond acceptors (Lipinski definition) is 0.